The maximum absolute atomic E-state index is 10.4. The number of hydrogen-bond acceptors (Lipinski definition) is 3. The predicted molar refractivity (Wildman–Crippen MR) is 55.2 cm³/mol. The van der Waals surface area contributed by atoms with Gasteiger partial charge in [0.2, 0.25) is 5.75 Å². The molecule has 0 heterocycles. The molecule has 64 valence electrons. The summed E-state index contributed by atoms with van der Waals surface area (Å²) in [6.45, 7) is 0. The maximum Gasteiger partial charge on any atom is 0.325 e. The molecule has 1 rings (SSSR count). The number of nitro benzene ring substituents is 1. The van der Waals surface area contributed by atoms with Crippen molar-refractivity contribution in [1.29, 1.82) is 0 Å². The second-order valence-corrected chi connectivity index (χ2v) is 4.00. The van der Waals surface area contributed by atoms with Crippen LogP contribution in [-0.4, -0.2) is 10.0 Å². The highest BCUT2D eigenvalue weighted by Crippen LogP contribution is 2.36. The summed E-state index contributed by atoms with van der Waals surface area (Å²) < 4.78 is 0.743. The minimum Gasteiger partial charge on any atom is -0.501 e. The fraction of sp³-hybridized carbons (Fsp3) is 0. The van der Waals surface area contributed by atoms with Crippen molar-refractivity contribution in [3.05, 3.63) is 30.3 Å². The zero-order valence-corrected chi connectivity index (χ0v) is 9.37. The van der Waals surface area contributed by atoms with Crippen molar-refractivity contribution in [2.45, 2.75) is 0 Å². The molecule has 0 aromatic heterocycles. The van der Waals surface area contributed by atoms with Crippen LogP contribution in [0, 0.1) is 13.7 Å². The summed E-state index contributed by atoms with van der Waals surface area (Å²) in [6, 6.07) is 3.12. The van der Waals surface area contributed by atoms with E-state index in [0.717, 1.165) is 0 Å². The Morgan fingerprint density at radius 3 is 2.58 bits per heavy atom. The van der Waals surface area contributed by atoms with Gasteiger partial charge in [-0.3, -0.25) is 10.1 Å². The van der Waals surface area contributed by atoms with Crippen LogP contribution in [0.2, 0.25) is 0 Å². The molecule has 12 heavy (non-hydrogen) atoms. The maximum atomic E-state index is 10.4. The van der Waals surface area contributed by atoms with E-state index in [-0.39, 0.29) is 15.9 Å². The number of aromatic hydroxyl groups is 1. The van der Waals surface area contributed by atoms with Crippen LogP contribution in [0.25, 0.3) is 0 Å². The van der Waals surface area contributed by atoms with Crippen molar-refractivity contribution < 1.29 is 10.0 Å². The third kappa shape index (κ3) is 1.69. The van der Waals surface area contributed by atoms with Crippen LogP contribution < -0.4 is 0 Å². The first-order valence-corrected chi connectivity index (χ1v) is 4.72. The van der Waals surface area contributed by atoms with Gasteiger partial charge in [-0.2, -0.15) is 0 Å². The molecule has 0 saturated heterocycles. The van der Waals surface area contributed by atoms with Crippen LogP contribution in [0.3, 0.4) is 0 Å². The van der Waals surface area contributed by atoms with Crippen molar-refractivity contribution in [1.82, 2.24) is 0 Å². The average molecular weight is 344 g/mol. The van der Waals surface area contributed by atoms with Gasteiger partial charge in [0.15, 0.2) is 0 Å². The normalized spacial score (nSPS) is 9.83. The van der Waals surface area contributed by atoms with Gasteiger partial charge in [0, 0.05) is 0 Å². The summed E-state index contributed by atoms with van der Waals surface area (Å²) >= 11 is 4.80. The van der Waals surface area contributed by atoms with Gasteiger partial charge < -0.3 is 5.11 Å². The number of benzene rings is 1. The van der Waals surface area contributed by atoms with Gasteiger partial charge in [-0.15, -0.1) is 0 Å². The summed E-state index contributed by atoms with van der Waals surface area (Å²) in [5.41, 5.74) is -0.290. The second kappa shape index (κ2) is 3.56. The lowest BCUT2D eigenvalue weighted by molar-refractivity contribution is -0.386. The lowest BCUT2D eigenvalue weighted by atomic mass is 10.3. The zero-order chi connectivity index (χ0) is 9.30. The predicted octanol–water partition coefficient (Wildman–Crippen LogP) is 2.67. The Labute approximate surface area is 90.0 Å². The van der Waals surface area contributed by atoms with E-state index >= 15 is 0 Å². The molecule has 0 aliphatic heterocycles. The molecule has 1 aromatic rings. The van der Waals surface area contributed by atoms with E-state index in [1.165, 1.54) is 6.07 Å². The Hall–Kier alpha value is -0.370. The van der Waals surface area contributed by atoms with E-state index in [4.69, 9.17) is 0 Å². The summed E-state index contributed by atoms with van der Waals surface area (Å²) in [4.78, 5) is 9.78. The van der Waals surface area contributed by atoms with Crippen molar-refractivity contribution in [2.75, 3.05) is 0 Å². The molecule has 0 spiro atoms. The van der Waals surface area contributed by atoms with Gasteiger partial charge in [0.05, 0.1) is 13.0 Å². The van der Waals surface area contributed by atoms with Crippen LogP contribution in [0.15, 0.2) is 16.6 Å². The van der Waals surface area contributed by atoms with E-state index in [1.807, 2.05) is 22.6 Å². The quantitative estimate of drug-likeness (QED) is 0.484. The van der Waals surface area contributed by atoms with E-state index in [1.54, 1.807) is 6.07 Å². The topological polar surface area (TPSA) is 63.4 Å². The molecule has 1 aromatic carbocycles. The van der Waals surface area contributed by atoms with E-state index in [2.05, 4.69) is 15.9 Å². The summed E-state index contributed by atoms with van der Waals surface area (Å²) in [6.07, 6.45) is 0. The third-order valence-corrected chi connectivity index (χ3v) is 2.75. The number of hydrogen-bond donors (Lipinski definition) is 1. The average Bonchev–Trinajstić information content (AvgIpc) is 1.97. The summed E-state index contributed by atoms with van der Waals surface area (Å²) in [7, 11) is 0. The summed E-state index contributed by atoms with van der Waals surface area (Å²) in [5, 5.41) is 19.7. The van der Waals surface area contributed by atoms with Crippen LogP contribution in [0.5, 0.6) is 5.75 Å². The van der Waals surface area contributed by atoms with Crippen molar-refractivity contribution in [3.8, 4) is 5.75 Å². The SMILES string of the molecule is O=[N+]([O-])c1c(Br)ccc(I)c1O. The van der Waals surface area contributed by atoms with Gasteiger partial charge in [-0.1, -0.05) is 0 Å². The van der Waals surface area contributed by atoms with E-state index in [0.29, 0.717) is 3.57 Å². The zero-order valence-electron chi connectivity index (χ0n) is 5.62. The fourth-order valence-electron chi connectivity index (χ4n) is 0.704. The highest BCUT2D eigenvalue weighted by Gasteiger charge is 2.19. The number of nitro groups is 1. The molecule has 0 radical (unpaired) electrons. The number of phenolic OH excluding ortho intramolecular Hbond substituents is 1. The monoisotopic (exact) mass is 343 g/mol. The molecule has 4 nitrogen and oxygen atoms in total. The van der Waals surface area contributed by atoms with Crippen LogP contribution in [0.4, 0.5) is 5.69 Å². The Balaban J connectivity index is 3.43. The Kier molecular flexibility index (Phi) is 2.89. The van der Waals surface area contributed by atoms with Crippen LogP contribution >= 0.6 is 38.5 Å². The van der Waals surface area contributed by atoms with E-state index < -0.39 is 4.92 Å². The lowest BCUT2D eigenvalue weighted by Gasteiger charge is -1.99. The largest absolute Gasteiger partial charge is 0.501 e. The molecule has 0 aliphatic rings. The van der Waals surface area contributed by atoms with Gasteiger partial charge in [0.25, 0.3) is 0 Å². The minimum atomic E-state index is -0.623. The third-order valence-electron chi connectivity index (χ3n) is 1.24. The Morgan fingerprint density at radius 2 is 2.17 bits per heavy atom. The molecule has 0 unspecified atom stereocenters. The molecule has 0 bridgehead atoms. The number of rotatable bonds is 1. The number of halogens is 2. The Bertz CT molecular complexity index is 342. The fourth-order valence-corrected chi connectivity index (χ4v) is 1.60. The number of phenols is 1. The second-order valence-electron chi connectivity index (χ2n) is 1.98. The van der Waals surface area contributed by atoms with Gasteiger partial charge in [0.1, 0.15) is 0 Å². The highest BCUT2D eigenvalue weighted by molar-refractivity contribution is 14.1. The van der Waals surface area contributed by atoms with Gasteiger partial charge in [-0.05, 0) is 50.7 Å². The Morgan fingerprint density at radius 1 is 1.58 bits per heavy atom. The molecule has 0 amide bonds. The first-order chi connectivity index (χ1) is 5.54. The molecule has 0 aliphatic carbocycles. The van der Waals surface area contributed by atoms with Crippen molar-refractivity contribution in [3.63, 3.8) is 0 Å². The van der Waals surface area contributed by atoms with Gasteiger partial charge >= 0.3 is 5.69 Å². The molecular formula is C6H3BrINO3. The molecule has 0 fully saturated rings. The molecule has 0 saturated carbocycles. The first kappa shape index (κ1) is 9.72. The lowest BCUT2D eigenvalue weighted by Crippen LogP contribution is -1.91. The van der Waals surface area contributed by atoms with Crippen LogP contribution in [-0.2, 0) is 0 Å². The van der Waals surface area contributed by atoms with Gasteiger partial charge in [-0.25, -0.2) is 0 Å². The highest BCUT2D eigenvalue weighted by atomic mass is 127. The van der Waals surface area contributed by atoms with Crippen molar-refractivity contribution in [2.24, 2.45) is 0 Å². The molecular weight excluding hydrogens is 341 g/mol. The minimum absolute atomic E-state index is 0.283. The molecule has 1 N–H and O–H groups in total. The molecule has 6 heteroatoms. The van der Waals surface area contributed by atoms with Crippen LogP contribution in [0.1, 0.15) is 0 Å². The standard InChI is InChI=1S/C6H3BrINO3/c7-3-1-2-4(8)6(10)5(3)9(11)12/h1-2,10H. The molecule has 0 atom stereocenters. The summed E-state index contributed by atoms with van der Waals surface area (Å²) in [5.74, 6) is -0.296. The number of nitrogens with zero attached hydrogens (tertiary/aromatic N) is 1. The smallest absolute Gasteiger partial charge is 0.325 e. The van der Waals surface area contributed by atoms with Crippen molar-refractivity contribution >= 4 is 44.2 Å². The first-order valence-electron chi connectivity index (χ1n) is 2.85. The van der Waals surface area contributed by atoms with E-state index in [9.17, 15) is 15.2 Å².